The van der Waals surface area contributed by atoms with Crippen LogP contribution in [-0.4, -0.2) is 17.9 Å². The first kappa shape index (κ1) is 24.7. The highest BCUT2D eigenvalue weighted by molar-refractivity contribution is 6.34. The number of anilines is 1. The number of rotatable bonds is 4. The molecule has 0 N–H and O–H groups in total. The quantitative estimate of drug-likeness (QED) is 0.342. The Hall–Kier alpha value is -2.98. The zero-order chi connectivity index (χ0) is 24.6. The van der Waals surface area contributed by atoms with Crippen molar-refractivity contribution in [1.82, 2.24) is 4.98 Å². The standard InChI is InChI=1S/C21H12Cl2F6N2O2/c1-31(14-7-11(20(24,25)26)6-12(8-14)21(27,28)29)19(32)15-10-30-5-4-17(15)33-18-9-13(22)2-3-16(18)23/h2-10H,1H3. The van der Waals surface area contributed by atoms with Gasteiger partial charge in [0.15, 0.2) is 0 Å². The van der Waals surface area contributed by atoms with E-state index in [2.05, 4.69) is 4.98 Å². The van der Waals surface area contributed by atoms with Crippen LogP contribution in [0.1, 0.15) is 21.5 Å². The summed E-state index contributed by atoms with van der Waals surface area (Å²) in [6, 6.07) is 6.44. The SMILES string of the molecule is CN(C(=O)c1cnccc1Oc1cc(Cl)ccc1Cl)c1cc(C(F)(F)F)cc(C(F)(F)F)c1. The number of benzene rings is 2. The van der Waals surface area contributed by atoms with Gasteiger partial charge in [0.1, 0.15) is 17.1 Å². The van der Waals surface area contributed by atoms with Crippen molar-refractivity contribution in [1.29, 1.82) is 0 Å². The summed E-state index contributed by atoms with van der Waals surface area (Å²) in [7, 11) is 1.03. The number of hydrogen-bond donors (Lipinski definition) is 0. The second kappa shape index (κ2) is 9.11. The molecule has 0 radical (unpaired) electrons. The van der Waals surface area contributed by atoms with Crippen molar-refractivity contribution in [3.8, 4) is 11.5 Å². The fraction of sp³-hybridized carbons (Fsp3) is 0.143. The molecule has 0 aliphatic carbocycles. The van der Waals surface area contributed by atoms with Crippen molar-refractivity contribution in [2.75, 3.05) is 11.9 Å². The van der Waals surface area contributed by atoms with E-state index in [1.54, 1.807) is 0 Å². The molecule has 0 atom stereocenters. The number of aromatic nitrogens is 1. The molecule has 2 aromatic carbocycles. The Bertz CT molecular complexity index is 1170. The van der Waals surface area contributed by atoms with Gasteiger partial charge in [0.05, 0.1) is 16.1 Å². The lowest BCUT2D eigenvalue weighted by Crippen LogP contribution is -2.27. The van der Waals surface area contributed by atoms with Gasteiger partial charge < -0.3 is 9.64 Å². The second-order valence-electron chi connectivity index (χ2n) is 6.68. The molecule has 0 spiro atoms. The molecule has 1 amide bonds. The molecule has 1 aromatic heterocycles. The average Bonchev–Trinajstić information content (AvgIpc) is 2.74. The van der Waals surface area contributed by atoms with Gasteiger partial charge in [0.2, 0.25) is 0 Å². The summed E-state index contributed by atoms with van der Waals surface area (Å²) in [5, 5.41) is 0.424. The van der Waals surface area contributed by atoms with Gasteiger partial charge in [-0.2, -0.15) is 26.3 Å². The van der Waals surface area contributed by atoms with Crippen LogP contribution < -0.4 is 9.64 Å². The van der Waals surface area contributed by atoms with Crippen LogP contribution in [0.15, 0.2) is 54.9 Å². The lowest BCUT2D eigenvalue weighted by molar-refractivity contribution is -0.143. The number of amides is 1. The maximum absolute atomic E-state index is 13.2. The molecule has 0 saturated heterocycles. The predicted octanol–water partition coefficient (Wildman–Crippen LogP) is 7.49. The molecule has 1 heterocycles. The first-order chi connectivity index (χ1) is 15.3. The van der Waals surface area contributed by atoms with E-state index in [1.165, 1.54) is 30.5 Å². The lowest BCUT2D eigenvalue weighted by Gasteiger charge is -2.22. The first-order valence-electron chi connectivity index (χ1n) is 8.92. The van der Waals surface area contributed by atoms with E-state index < -0.39 is 35.1 Å². The third kappa shape index (κ3) is 5.69. The van der Waals surface area contributed by atoms with Crippen molar-refractivity contribution in [3.05, 3.63) is 81.6 Å². The van der Waals surface area contributed by atoms with Crippen molar-refractivity contribution in [2.24, 2.45) is 0 Å². The van der Waals surface area contributed by atoms with E-state index in [4.69, 9.17) is 27.9 Å². The molecule has 12 heteroatoms. The van der Waals surface area contributed by atoms with Gasteiger partial charge >= 0.3 is 12.4 Å². The van der Waals surface area contributed by atoms with Crippen LogP contribution >= 0.6 is 23.2 Å². The van der Waals surface area contributed by atoms with E-state index in [9.17, 15) is 31.1 Å². The summed E-state index contributed by atoms with van der Waals surface area (Å²) in [6.45, 7) is 0. The average molecular weight is 509 g/mol. The Morgan fingerprint density at radius 3 is 2.09 bits per heavy atom. The van der Waals surface area contributed by atoms with Gasteiger partial charge in [0.25, 0.3) is 5.91 Å². The van der Waals surface area contributed by atoms with Crippen LogP contribution in [0, 0.1) is 0 Å². The Kier molecular flexibility index (Phi) is 6.80. The second-order valence-corrected chi connectivity index (χ2v) is 7.52. The molecule has 0 aliphatic heterocycles. The molecule has 33 heavy (non-hydrogen) atoms. The number of ether oxygens (including phenoxy) is 1. The van der Waals surface area contributed by atoms with Crippen LogP contribution in [-0.2, 0) is 12.4 Å². The molecule has 0 fully saturated rings. The minimum atomic E-state index is -5.06. The van der Waals surface area contributed by atoms with Crippen molar-refractivity contribution in [3.63, 3.8) is 0 Å². The van der Waals surface area contributed by atoms with Gasteiger partial charge in [0, 0.05) is 36.2 Å². The maximum atomic E-state index is 13.2. The number of hydrogen-bond acceptors (Lipinski definition) is 3. The van der Waals surface area contributed by atoms with Crippen LogP contribution in [0.2, 0.25) is 10.0 Å². The van der Waals surface area contributed by atoms with Gasteiger partial charge in [-0.25, -0.2) is 0 Å². The smallest absolute Gasteiger partial charge is 0.416 e. The topological polar surface area (TPSA) is 42.4 Å². The number of carbonyl (C=O) groups excluding carboxylic acids is 1. The number of pyridine rings is 1. The highest BCUT2D eigenvalue weighted by atomic mass is 35.5. The fourth-order valence-electron chi connectivity index (χ4n) is 2.74. The maximum Gasteiger partial charge on any atom is 0.416 e. The normalized spacial score (nSPS) is 11.9. The molecular formula is C21H12Cl2F6N2O2. The molecule has 0 unspecified atom stereocenters. The van der Waals surface area contributed by atoms with Gasteiger partial charge in [-0.05, 0) is 36.4 Å². The third-order valence-corrected chi connectivity index (χ3v) is 4.94. The summed E-state index contributed by atoms with van der Waals surface area (Å²) in [5.41, 5.74) is -3.97. The van der Waals surface area contributed by atoms with Crippen molar-refractivity contribution < 1.29 is 35.9 Å². The van der Waals surface area contributed by atoms with Gasteiger partial charge in [-0.1, -0.05) is 23.2 Å². The van der Waals surface area contributed by atoms with E-state index in [0.717, 1.165) is 13.2 Å². The summed E-state index contributed by atoms with van der Waals surface area (Å²) in [6.07, 6.45) is -7.79. The van der Waals surface area contributed by atoms with E-state index in [-0.39, 0.29) is 33.2 Å². The Morgan fingerprint density at radius 2 is 1.52 bits per heavy atom. The summed E-state index contributed by atoms with van der Waals surface area (Å²) in [4.78, 5) is 17.4. The first-order valence-corrected chi connectivity index (χ1v) is 9.67. The molecule has 0 bridgehead atoms. The van der Waals surface area contributed by atoms with Crippen molar-refractivity contribution >= 4 is 34.8 Å². The Balaban J connectivity index is 2.02. The van der Waals surface area contributed by atoms with Gasteiger partial charge in [-0.15, -0.1) is 0 Å². The third-order valence-electron chi connectivity index (χ3n) is 4.39. The highest BCUT2D eigenvalue weighted by Gasteiger charge is 2.37. The fourth-order valence-corrected chi connectivity index (χ4v) is 3.05. The molecule has 0 saturated carbocycles. The van der Waals surface area contributed by atoms with Gasteiger partial charge in [-0.3, -0.25) is 9.78 Å². The summed E-state index contributed by atoms with van der Waals surface area (Å²) < 4.78 is 84.7. The van der Waals surface area contributed by atoms with E-state index >= 15 is 0 Å². The molecule has 3 rings (SSSR count). The molecule has 174 valence electrons. The minimum Gasteiger partial charge on any atom is -0.455 e. The highest BCUT2D eigenvalue weighted by Crippen LogP contribution is 2.39. The van der Waals surface area contributed by atoms with Crippen LogP contribution in [0.4, 0.5) is 32.0 Å². The van der Waals surface area contributed by atoms with E-state index in [1.807, 2.05) is 0 Å². The number of carbonyl (C=O) groups is 1. The summed E-state index contributed by atoms with van der Waals surface area (Å²) in [5.74, 6) is -0.983. The Morgan fingerprint density at radius 1 is 0.909 bits per heavy atom. The zero-order valence-electron chi connectivity index (χ0n) is 16.4. The van der Waals surface area contributed by atoms with Crippen LogP contribution in [0.3, 0.4) is 0 Å². The lowest BCUT2D eigenvalue weighted by atomic mass is 10.1. The molecule has 3 aromatic rings. The molecule has 0 aliphatic rings. The largest absolute Gasteiger partial charge is 0.455 e. The van der Waals surface area contributed by atoms with Crippen LogP contribution in [0.25, 0.3) is 0 Å². The molecule has 4 nitrogen and oxygen atoms in total. The minimum absolute atomic E-state index is 0.0262. The Labute approximate surface area is 193 Å². The van der Waals surface area contributed by atoms with Crippen molar-refractivity contribution in [2.45, 2.75) is 12.4 Å². The number of alkyl halides is 6. The zero-order valence-corrected chi connectivity index (χ0v) is 17.9. The van der Waals surface area contributed by atoms with E-state index in [0.29, 0.717) is 17.0 Å². The van der Waals surface area contributed by atoms with Crippen LogP contribution in [0.5, 0.6) is 11.5 Å². The number of halogens is 8. The predicted molar refractivity (Wildman–Crippen MR) is 110 cm³/mol. The molecular weight excluding hydrogens is 497 g/mol. The monoisotopic (exact) mass is 508 g/mol. The number of nitrogens with zero attached hydrogens (tertiary/aromatic N) is 2. The summed E-state index contributed by atoms with van der Waals surface area (Å²) >= 11 is 12.0.